The first-order valence-electron chi connectivity index (χ1n) is 9.93. The van der Waals surface area contributed by atoms with Crippen molar-refractivity contribution in [2.45, 2.75) is 25.8 Å². The zero-order chi connectivity index (χ0) is 22.1. The molecule has 7 nitrogen and oxygen atoms in total. The lowest BCUT2D eigenvalue weighted by molar-refractivity contribution is -0.129. The van der Waals surface area contributed by atoms with Crippen LogP contribution in [0.25, 0.3) is 11.0 Å². The van der Waals surface area contributed by atoms with E-state index >= 15 is 0 Å². The van der Waals surface area contributed by atoms with E-state index in [0.29, 0.717) is 34.0 Å². The number of carbonyl (C=O) groups excluding carboxylic acids is 2. The van der Waals surface area contributed by atoms with Crippen molar-refractivity contribution >= 4 is 34.3 Å². The van der Waals surface area contributed by atoms with Crippen LogP contribution in [0.1, 0.15) is 42.1 Å². The van der Waals surface area contributed by atoms with E-state index in [0.717, 1.165) is 12.8 Å². The predicted octanol–water partition coefficient (Wildman–Crippen LogP) is 4.87. The van der Waals surface area contributed by atoms with Gasteiger partial charge in [-0.15, -0.1) is 0 Å². The highest BCUT2D eigenvalue weighted by molar-refractivity contribution is 6.31. The molecule has 0 saturated carbocycles. The molecule has 4 rings (SSSR count). The van der Waals surface area contributed by atoms with Crippen LogP contribution in [0.3, 0.4) is 0 Å². The summed E-state index contributed by atoms with van der Waals surface area (Å²) in [5.41, 5.74) is 0.803. The van der Waals surface area contributed by atoms with Crippen LogP contribution >= 0.6 is 11.6 Å². The molecule has 3 heterocycles. The van der Waals surface area contributed by atoms with E-state index in [1.807, 2.05) is 6.92 Å². The average Bonchev–Trinajstić information content (AvgIpc) is 3.31. The molecular formula is C23H21ClN2O5. The topological polar surface area (TPSA) is 92.9 Å². The van der Waals surface area contributed by atoms with Crippen molar-refractivity contribution < 1.29 is 23.8 Å². The Morgan fingerprint density at radius 1 is 1.32 bits per heavy atom. The first-order valence-corrected chi connectivity index (χ1v) is 10.3. The number of ether oxygens (including phenoxy) is 1. The number of amides is 1. The maximum absolute atomic E-state index is 13.5. The van der Waals surface area contributed by atoms with Gasteiger partial charge in [-0.1, -0.05) is 31.0 Å². The van der Waals surface area contributed by atoms with E-state index in [-0.39, 0.29) is 11.3 Å². The number of nitrogens with zero attached hydrogens (tertiary/aromatic N) is 2. The highest BCUT2D eigenvalue weighted by Crippen LogP contribution is 2.40. The maximum atomic E-state index is 13.5. The summed E-state index contributed by atoms with van der Waals surface area (Å²) in [5, 5.41) is 11.7. The molecule has 0 fully saturated rings. The monoisotopic (exact) mass is 440 g/mol. The van der Waals surface area contributed by atoms with Gasteiger partial charge in [0.15, 0.2) is 22.9 Å². The van der Waals surface area contributed by atoms with E-state index < -0.39 is 23.5 Å². The van der Waals surface area contributed by atoms with Gasteiger partial charge in [0, 0.05) is 29.2 Å². The van der Waals surface area contributed by atoms with Gasteiger partial charge in [0.2, 0.25) is 5.78 Å². The molecular weight excluding hydrogens is 420 g/mol. The van der Waals surface area contributed by atoms with Gasteiger partial charge in [-0.2, -0.15) is 0 Å². The Balaban J connectivity index is 1.81. The first kappa shape index (κ1) is 20.9. The highest BCUT2D eigenvalue weighted by Gasteiger charge is 2.44. The fourth-order valence-corrected chi connectivity index (χ4v) is 3.99. The lowest BCUT2D eigenvalue weighted by Crippen LogP contribution is -2.32. The van der Waals surface area contributed by atoms with Gasteiger partial charge in [0.25, 0.3) is 5.91 Å². The fourth-order valence-electron chi connectivity index (χ4n) is 3.77. The third kappa shape index (κ3) is 3.65. The number of furan rings is 1. The number of hydrogen-bond donors (Lipinski definition) is 1. The number of ketones is 1. The summed E-state index contributed by atoms with van der Waals surface area (Å²) in [6.45, 7) is 2.39. The predicted molar refractivity (Wildman–Crippen MR) is 115 cm³/mol. The normalized spacial score (nSPS) is 16.4. The SMILES string of the molecule is CCCCN1C(=O)C(O)=C(C(=O)c2cc3cc(Cl)cc(OC)c3o2)C1c1ccccn1. The number of hydrogen-bond acceptors (Lipinski definition) is 6. The number of aliphatic hydroxyl groups is 1. The molecule has 1 N–H and O–H groups in total. The van der Waals surface area contributed by atoms with Crippen molar-refractivity contribution in [3.8, 4) is 5.75 Å². The van der Waals surface area contributed by atoms with Gasteiger partial charge in [0.05, 0.1) is 18.4 Å². The van der Waals surface area contributed by atoms with Crippen LogP contribution in [0.15, 0.2) is 58.3 Å². The molecule has 1 aliphatic rings. The van der Waals surface area contributed by atoms with Crippen molar-refractivity contribution in [3.63, 3.8) is 0 Å². The van der Waals surface area contributed by atoms with Gasteiger partial charge in [-0.3, -0.25) is 14.6 Å². The molecule has 0 bridgehead atoms. The molecule has 2 aromatic heterocycles. The highest BCUT2D eigenvalue weighted by atomic mass is 35.5. The molecule has 3 aromatic rings. The summed E-state index contributed by atoms with van der Waals surface area (Å²) in [7, 11) is 1.47. The number of rotatable bonds is 7. The third-order valence-electron chi connectivity index (χ3n) is 5.26. The largest absolute Gasteiger partial charge is 0.503 e. The van der Waals surface area contributed by atoms with E-state index in [4.69, 9.17) is 20.8 Å². The number of Topliss-reactive ketones (excluding diaryl/α,β-unsaturated/α-hetero) is 1. The fraction of sp³-hybridized carbons (Fsp3) is 0.261. The Bertz CT molecular complexity index is 1190. The van der Waals surface area contributed by atoms with E-state index in [9.17, 15) is 14.7 Å². The van der Waals surface area contributed by atoms with E-state index in [1.54, 1.807) is 36.5 Å². The van der Waals surface area contributed by atoms with Crippen molar-refractivity contribution in [1.82, 2.24) is 9.88 Å². The van der Waals surface area contributed by atoms with Crippen LogP contribution in [-0.4, -0.2) is 40.3 Å². The first-order chi connectivity index (χ1) is 15.0. The second-order valence-electron chi connectivity index (χ2n) is 7.24. The molecule has 160 valence electrons. The quantitative estimate of drug-likeness (QED) is 0.527. The number of benzene rings is 1. The van der Waals surface area contributed by atoms with Crippen LogP contribution in [0, 0.1) is 0 Å². The number of methoxy groups -OCH3 is 1. The number of unbranched alkanes of at least 4 members (excludes halogenated alkanes) is 1. The average molecular weight is 441 g/mol. The molecule has 1 aromatic carbocycles. The summed E-state index contributed by atoms with van der Waals surface area (Å²) >= 11 is 6.12. The summed E-state index contributed by atoms with van der Waals surface area (Å²) < 4.78 is 11.1. The van der Waals surface area contributed by atoms with Gasteiger partial charge in [0.1, 0.15) is 6.04 Å². The van der Waals surface area contributed by atoms with Gasteiger partial charge in [-0.25, -0.2) is 0 Å². The number of pyridine rings is 1. The van der Waals surface area contributed by atoms with E-state index in [2.05, 4.69) is 4.98 Å². The van der Waals surface area contributed by atoms with Gasteiger partial charge in [-0.05, 0) is 30.7 Å². The number of carbonyl (C=O) groups is 2. The number of aliphatic hydroxyl groups excluding tert-OH is 1. The molecule has 1 amide bonds. The Morgan fingerprint density at radius 3 is 2.81 bits per heavy atom. The molecule has 31 heavy (non-hydrogen) atoms. The van der Waals surface area contributed by atoms with Crippen LogP contribution in [0.2, 0.25) is 5.02 Å². The lowest BCUT2D eigenvalue weighted by atomic mass is 9.98. The summed E-state index contributed by atoms with van der Waals surface area (Å²) in [6.07, 6.45) is 3.17. The Labute approximate surface area is 183 Å². The number of fused-ring (bicyclic) bond motifs is 1. The molecule has 8 heteroatoms. The Kier molecular flexibility index (Phi) is 5.69. The van der Waals surface area contributed by atoms with Crippen LogP contribution in [0.4, 0.5) is 0 Å². The van der Waals surface area contributed by atoms with Gasteiger partial charge < -0.3 is 19.2 Å². The zero-order valence-electron chi connectivity index (χ0n) is 17.1. The minimum Gasteiger partial charge on any atom is -0.503 e. The van der Waals surface area contributed by atoms with E-state index in [1.165, 1.54) is 18.1 Å². The molecule has 0 aliphatic carbocycles. The van der Waals surface area contributed by atoms with Gasteiger partial charge >= 0.3 is 0 Å². The van der Waals surface area contributed by atoms with Crippen molar-refractivity contribution in [1.29, 1.82) is 0 Å². The lowest BCUT2D eigenvalue weighted by Gasteiger charge is -2.25. The molecule has 1 unspecified atom stereocenters. The molecule has 1 aliphatic heterocycles. The Hall–Kier alpha value is -3.32. The van der Waals surface area contributed by atoms with Crippen molar-refractivity contribution in [2.24, 2.45) is 0 Å². The van der Waals surface area contributed by atoms with Crippen molar-refractivity contribution in [3.05, 3.63) is 70.4 Å². The molecule has 0 saturated heterocycles. The van der Waals surface area contributed by atoms with Crippen molar-refractivity contribution in [2.75, 3.05) is 13.7 Å². The molecule has 1 atom stereocenters. The Morgan fingerprint density at radius 2 is 2.13 bits per heavy atom. The molecule has 0 radical (unpaired) electrons. The number of halogens is 1. The molecule has 0 spiro atoms. The minimum atomic E-state index is -0.800. The summed E-state index contributed by atoms with van der Waals surface area (Å²) in [4.78, 5) is 32.1. The number of aromatic nitrogens is 1. The second-order valence-corrected chi connectivity index (χ2v) is 7.67. The zero-order valence-corrected chi connectivity index (χ0v) is 17.8. The van der Waals surface area contributed by atoms with Crippen LogP contribution in [0.5, 0.6) is 5.75 Å². The minimum absolute atomic E-state index is 0.0248. The maximum Gasteiger partial charge on any atom is 0.290 e. The second kappa shape index (κ2) is 8.43. The third-order valence-corrected chi connectivity index (χ3v) is 5.48. The smallest absolute Gasteiger partial charge is 0.290 e. The van der Waals surface area contributed by atoms with Crippen LogP contribution in [-0.2, 0) is 4.79 Å². The summed E-state index contributed by atoms with van der Waals surface area (Å²) in [5.74, 6) is -1.41. The summed E-state index contributed by atoms with van der Waals surface area (Å²) in [6, 6.07) is 9.21. The standard InChI is InChI=1S/C23H21ClN2O5/c1-3-4-9-26-19(15-7-5-6-8-25-15)18(21(28)23(26)29)20(27)16-11-13-10-14(24)12-17(30-2)22(13)31-16/h5-8,10-12,19,28H,3-4,9H2,1-2H3. The van der Waals surface area contributed by atoms with Crippen LogP contribution < -0.4 is 4.74 Å².